The van der Waals surface area contributed by atoms with Crippen LogP contribution in [0.5, 0.6) is 0 Å². The summed E-state index contributed by atoms with van der Waals surface area (Å²) in [7, 11) is 0. The van der Waals surface area contributed by atoms with Gasteiger partial charge in [0, 0.05) is 44.5 Å². The predicted molar refractivity (Wildman–Crippen MR) is 121 cm³/mol. The molecule has 2 heterocycles. The van der Waals surface area contributed by atoms with Gasteiger partial charge in [-0.05, 0) is 31.9 Å². The van der Waals surface area contributed by atoms with E-state index in [1.807, 2.05) is 32.0 Å². The van der Waals surface area contributed by atoms with Crippen molar-refractivity contribution in [1.82, 2.24) is 9.80 Å². The fraction of sp³-hybridized carbons (Fsp3) is 0.435. The van der Waals surface area contributed by atoms with Crippen LogP contribution in [0, 0.1) is 13.8 Å². The number of thiophene rings is 1. The van der Waals surface area contributed by atoms with Crippen LogP contribution in [0.15, 0.2) is 30.3 Å². The molecule has 1 fully saturated rings. The van der Waals surface area contributed by atoms with Crippen molar-refractivity contribution in [2.24, 2.45) is 0 Å². The van der Waals surface area contributed by atoms with Crippen molar-refractivity contribution in [2.45, 2.75) is 40.3 Å². The summed E-state index contributed by atoms with van der Waals surface area (Å²) >= 11 is 1.33. The highest BCUT2D eigenvalue weighted by molar-refractivity contribution is 7.16. The molecule has 3 rings (SSSR count). The molecule has 1 N–H and O–H groups in total. The van der Waals surface area contributed by atoms with E-state index in [4.69, 9.17) is 4.74 Å². The number of hydrogen-bond donors (Lipinski definition) is 1. The van der Waals surface area contributed by atoms with Gasteiger partial charge in [-0.3, -0.25) is 14.5 Å². The van der Waals surface area contributed by atoms with E-state index in [1.54, 1.807) is 11.8 Å². The molecule has 2 amide bonds. The van der Waals surface area contributed by atoms with Crippen LogP contribution in [-0.4, -0.2) is 59.9 Å². The van der Waals surface area contributed by atoms with Crippen LogP contribution in [0.4, 0.5) is 5.00 Å². The number of anilines is 1. The lowest BCUT2D eigenvalue weighted by atomic mass is 10.1. The van der Waals surface area contributed by atoms with Crippen molar-refractivity contribution in [2.75, 3.05) is 31.5 Å². The Morgan fingerprint density at radius 2 is 1.74 bits per heavy atom. The number of aryl methyl sites for hydroxylation is 1. The number of ether oxygens (including phenoxy) is 1. The zero-order valence-electron chi connectivity index (χ0n) is 18.4. The minimum Gasteiger partial charge on any atom is -0.449 e. The fourth-order valence-electron chi connectivity index (χ4n) is 3.62. The van der Waals surface area contributed by atoms with Gasteiger partial charge in [0.05, 0.1) is 5.56 Å². The maximum Gasteiger partial charge on any atom is 0.342 e. The summed E-state index contributed by atoms with van der Waals surface area (Å²) in [6.07, 6.45) is -0.891. The predicted octanol–water partition coefficient (Wildman–Crippen LogP) is 3.21. The van der Waals surface area contributed by atoms with E-state index in [0.717, 1.165) is 30.1 Å². The van der Waals surface area contributed by atoms with Crippen molar-refractivity contribution in [3.63, 3.8) is 0 Å². The molecule has 0 aliphatic carbocycles. The molecule has 0 spiro atoms. The van der Waals surface area contributed by atoms with Gasteiger partial charge in [0.2, 0.25) is 5.91 Å². The third kappa shape index (κ3) is 5.71. The Balaban J connectivity index is 1.56. The number of piperazine rings is 1. The second-order valence-corrected chi connectivity index (χ2v) is 9.03. The number of carbonyl (C=O) groups is 3. The summed E-state index contributed by atoms with van der Waals surface area (Å²) < 4.78 is 5.50. The highest BCUT2D eigenvalue weighted by atomic mass is 32.1. The standard InChI is InChI=1S/C23H29N3O4S/c1-15-17(3)31-21(24-18(4)27)20(15)23(29)30-16(2)22(28)26-12-10-25(11-13-26)14-19-8-6-5-7-9-19/h5-9,16H,10-14H2,1-4H3,(H,24,27). The van der Waals surface area contributed by atoms with Gasteiger partial charge in [0.25, 0.3) is 5.91 Å². The van der Waals surface area contributed by atoms with Crippen molar-refractivity contribution in [1.29, 1.82) is 0 Å². The van der Waals surface area contributed by atoms with Gasteiger partial charge >= 0.3 is 5.97 Å². The fourth-order valence-corrected chi connectivity index (χ4v) is 4.71. The van der Waals surface area contributed by atoms with E-state index in [9.17, 15) is 14.4 Å². The molecule has 1 saturated heterocycles. The summed E-state index contributed by atoms with van der Waals surface area (Å²) in [6.45, 7) is 10.3. The Hall–Kier alpha value is -2.71. The third-order valence-corrected chi connectivity index (χ3v) is 6.57. The molecule has 1 aromatic carbocycles. The van der Waals surface area contributed by atoms with Gasteiger partial charge in [0.1, 0.15) is 5.00 Å². The molecule has 166 valence electrons. The summed E-state index contributed by atoms with van der Waals surface area (Å²) in [4.78, 5) is 42.1. The number of nitrogens with zero attached hydrogens (tertiary/aromatic N) is 2. The van der Waals surface area contributed by atoms with Gasteiger partial charge in [-0.25, -0.2) is 4.79 Å². The molecule has 31 heavy (non-hydrogen) atoms. The lowest BCUT2D eigenvalue weighted by Crippen LogP contribution is -2.51. The van der Waals surface area contributed by atoms with Gasteiger partial charge in [0.15, 0.2) is 6.10 Å². The maximum atomic E-state index is 12.8. The molecule has 1 atom stereocenters. The Kier molecular flexibility index (Phi) is 7.46. The Bertz CT molecular complexity index is 949. The van der Waals surface area contributed by atoms with E-state index in [1.165, 1.54) is 23.8 Å². The van der Waals surface area contributed by atoms with Crippen LogP contribution in [0.25, 0.3) is 0 Å². The third-order valence-electron chi connectivity index (χ3n) is 5.44. The minimum absolute atomic E-state index is 0.196. The molecule has 1 aromatic heterocycles. The average Bonchev–Trinajstić information content (AvgIpc) is 3.01. The number of amides is 2. The number of esters is 1. The highest BCUT2D eigenvalue weighted by Gasteiger charge is 2.29. The monoisotopic (exact) mass is 443 g/mol. The first-order valence-corrected chi connectivity index (χ1v) is 11.2. The van der Waals surface area contributed by atoms with Crippen molar-refractivity contribution >= 4 is 34.1 Å². The second-order valence-electron chi connectivity index (χ2n) is 7.80. The molecule has 1 unspecified atom stereocenters. The minimum atomic E-state index is -0.891. The molecule has 0 radical (unpaired) electrons. The smallest absolute Gasteiger partial charge is 0.342 e. The lowest BCUT2D eigenvalue weighted by Gasteiger charge is -2.35. The van der Waals surface area contributed by atoms with Crippen LogP contribution >= 0.6 is 11.3 Å². The molecule has 1 aliphatic heterocycles. The summed E-state index contributed by atoms with van der Waals surface area (Å²) in [5.41, 5.74) is 2.33. The lowest BCUT2D eigenvalue weighted by molar-refractivity contribution is -0.141. The van der Waals surface area contributed by atoms with E-state index < -0.39 is 12.1 Å². The summed E-state index contributed by atoms with van der Waals surface area (Å²) in [5, 5.41) is 3.14. The van der Waals surface area contributed by atoms with E-state index >= 15 is 0 Å². The van der Waals surface area contributed by atoms with Crippen LogP contribution in [0.2, 0.25) is 0 Å². The Labute approximate surface area is 187 Å². The second kappa shape index (κ2) is 10.1. The first kappa shape index (κ1) is 23.0. The maximum absolute atomic E-state index is 12.8. The SMILES string of the molecule is CC(=O)Nc1sc(C)c(C)c1C(=O)OC(C)C(=O)N1CCN(Cc2ccccc2)CC1. The first-order chi connectivity index (χ1) is 14.8. The van der Waals surface area contributed by atoms with E-state index in [0.29, 0.717) is 23.7 Å². The van der Waals surface area contributed by atoms with E-state index in [-0.39, 0.29) is 11.8 Å². The number of hydrogen-bond acceptors (Lipinski definition) is 6. The van der Waals surface area contributed by atoms with Crippen LogP contribution < -0.4 is 5.32 Å². The summed E-state index contributed by atoms with van der Waals surface area (Å²) in [6, 6.07) is 10.3. The van der Waals surface area contributed by atoms with E-state index in [2.05, 4.69) is 22.3 Å². The molecule has 7 nitrogen and oxygen atoms in total. The van der Waals surface area contributed by atoms with Crippen LogP contribution in [0.1, 0.15) is 40.2 Å². The van der Waals surface area contributed by atoms with Crippen molar-refractivity contribution < 1.29 is 19.1 Å². The molecule has 2 aromatic rings. The molecular formula is C23H29N3O4S. The topological polar surface area (TPSA) is 78.9 Å². The molecule has 0 bridgehead atoms. The van der Waals surface area contributed by atoms with Crippen molar-refractivity contribution in [3.8, 4) is 0 Å². The van der Waals surface area contributed by atoms with Gasteiger partial charge < -0.3 is 15.0 Å². The highest BCUT2D eigenvalue weighted by Crippen LogP contribution is 2.33. The number of carbonyl (C=O) groups excluding carboxylic acids is 3. The Morgan fingerprint density at radius 3 is 2.35 bits per heavy atom. The molecule has 0 saturated carbocycles. The average molecular weight is 444 g/mol. The largest absolute Gasteiger partial charge is 0.449 e. The number of rotatable bonds is 6. The molecular weight excluding hydrogens is 414 g/mol. The quantitative estimate of drug-likeness (QED) is 0.694. The Morgan fingerprint density at radius 1 is 1.10 bits per heavy atom. The van der Waals surface area contributed by atoms with Crippen LogP contribution in [0.3, 0.4) is 0 Å². The van der Waals surface area contributed by atoms with Gasteiger partial charge in [-0.2, -0.15) is 0 Å². The normalized spacial score (nSPS) is 15.4. The molecule has 1 aliphatic rings. The zero-order valence-corrected chi connectivity index (χ0v) is 19.3. The van der Waals surface area contributed by atoms with Gasteiger partial charge in [-0.1, -0.05) is 30.3 Å². The van der Waals surface area contributed by atoms with Crippen LogP contribution in [-0.2, 0) is 20.9 Å². The van der Waals surface area contributed by atoms with Crippen molar-refractivity contribution in [3.05, 3.63) is 51.9 Å². The van der Waals surface area contributed by atoms with Gasteiger partial charge in [-0.15, -0.1) is 11.3 Å². The first-order valence-electron chi connectivity index (χ1n) is 10.4. The number of benzene rings is 1. The number of nitrogens with one attached hydrogen (secondary N) is 1. The molecule has 8 heteroatoms. The zero-order chi connectivity index (χ0) is 22.5. The summed E-state index contributed by atoms with van der Waals surface area (Å²) in [5.74, 6) is -1.04.